The molecule has 0 unspecified atom stereocenters. The zero-order chi connectivity index (χ0) is 12.3. The van der Waals surface area contributed by atoms with Crippen LogP contribution in [0.1, 0.15) is 25.7 Å². The lowest BCUT2D eigenvalue weighted by atomic mass is 9.95. The molecule has 0 N–H and O–H groups in total. The maximum absolute atomic E-state index is 12.9. The highest BCUT2D eigenvalue weighted by molar-refractivity contribution is 4.78. The van der Waals surface area contributed by atoms with Gasteiger partial charge in [0.2, 0.25) is 0 Å². The van der Waals surface area contributed by atoms with Crippen molar-refractivity contribution >= 4 is 0 Å². The molecule has 17 heavy (non-hydrogen) atoms. The molecule has 0 saturated carbocycles. The van der Waals surface area contributed by atoms with Crippen LogP contribution in [0.25, 0.3) is 0 Å². The van der Waals surface area contributed by atoms with Crippen molar-refractivity contribution in [3.8, 4) is 0 Å². The van der Waals surface area contributed by atoms with Crippen molar-refractivity contribution in [3.05, 3.63) is 0 Å². The van der Waals surface area contributed by atoms with Crippen LogP contribution in [0.3, 0.4) is 0 Å². The van der Waals surface area contributed by atoms with Gasteiger partial charge < -0.3 is 4.90 Å². The van der Waals surface area contributed by atoms with Crippen LogP contribution in [-0.4, -0.2) is 61.0 Å². The molecule has 0 amide bonds. The minimum absolute atomic E-state index is 0.505. The summed E-state index contributed by atoms with van der Waals surface area (Å²) >= 11 is 0. The second kappa shape index (κ2) is 6.07. The molecule has 100 valence electrons. The number of hydrogen-bond acceptors (Lipinski definition) is 3. The monoisotopic (exact) mass is 247 g/mol. The van der Waals surface area contributed by atoms with E-state index >= 15 is 0 Å². The number of nitrogens with zero attached hydrogens (tertiary/aromatic N) is 3. The van der Waals surface area contributed by atoms with Crippen LogP contribution in [0.2, 0.25) is 0 Å². The van der Waals surface area contributed by atoms with E-state index in [-0.39, 0.29) is 0 Å². The van der Waals surface area contributed by atoms with Crippen LogP contribution < -0.4 is 0 Å². The normalized spacial score (nSPS) is 26.8. The molecule has 3 nitrogen and oxygen atoms in total. The first-order valence-corrected chi connectivity index (χ1v) is 6.67. The minimum atomic E-state index is 0.505. The molecule has 0 aromatic rings. The van der Waals surface area contributed by atoms with Crippen LogP contribution in [0.4, 0.5) is 8.96 Å². The summed E-state index contributed by atoms with van der Waals surface area (Å²) in [4.78, 5) is 2.35. The molecule has 0 aromatic carbocycles. The van der Waals surface area contributed by atoms with Crippen molar-refractivity contribution < 1.29 is 8.96 Å². The quantitative estimate of drug-likeness (QED) is 0.705. The lowest BCUT2D eigenvalue weighted by molar-refractivity contribution is -0.0297. The highest BCUT2D eigenvalue weighted by Gasteiger charge is 2.26. The average molecular weight is 247 g/mol. The fraction of sp³-hybridized carbons (Fsp3) is 1.00. The lowest BCUT2D eigenvalue weighted by Crippen LogP contribution is -2.43. The Kier molecular flexibility index (Phi) is 4.70. The second-order valence-electron chi connectivity index (χ2n) is 5.43. The third-order valence-corrected chi connectivity index (χ3v) is 4.14. The Hall–Kier alpha value is -0.260. The van der Waals surface area contributed by atoms with E-state index < -0.39 is 0 Å². The molecule has 5 heteroatoms. The van der Waals surface area contributed by atoms with E-state index in [0.29, 0.717) is 38.1 Å². The van der Waals surface area contributed by atoms with E-state index in [1.54, 1.807) is 0 Å². The third-order valence-electron chi connectivity index (χ3n) is 4.14. The smallest absolute Gasteiger partial charge is 0.0305 e. The second-order valence-corrected chi connectivity index (χ2v) is 5.43. The van der Waals surface area contributed by atoms with Crippen molar-refractivity contribution in [2.24, 2.45) is 5.92 Å². The predicted octanol–water partition coefficient (Wildman–Crippen LogP) is 1.86. The van der Waals surface area contributed by atoms with Crippen LogP contribution in [0.15, 0.2) is 0 Å². The molecule has 0 spiro atoms. The van der Waals surface area contributed by atoms with Gasteiger partial charge in [0, 0.05) is 38.8 Å². The van der Waals surface area contributed by atoms with Crippen LogP contribution in [-0.2, 0) is 0 Å². The molecule has 2 heterocycles. The van der Waals surface area contributed by atoms with Gasteiger partial charge in [-0.2, -0.15) is 0 Å². The maximum Gasteiger partial charge on any atom is 0.0305 e. The molecular formula is C12H23F2N3. The average Bonchev–Trinajstić information content (AvgIpc) is 2.33. The lowest BCUT2D eigenvalue weighted by Gasteiger charge is -2.36. The fourth-order valence-corrected chi connectivity index (χ4v) is 2.92. The van der Waals surface area contributed by atoms with E-state index in [1.165, 1.54) is 0 Å². The molecule has 2 aliphatic heterocycles. The zero-order valence-electron chi connectivity index (χ0n) is 10.6. The largest absolute Gasteiger partial charge is 0.303 e. The SMILES string of the molecule is CN(CC1CCN(F)CC1)C1CCN(F)CC1. The first-order chi connectivity index (χ1) is 8.15. The van der Waals surface area contributed by atoms with Gasteiger partial charge in [-0.15, -0.1) is 19.2 Å². The van der Waals surface area contributed by atoms with E-state index in [2.05, 4.69) is 11.9 Å². The standard InChI is InChI=1S/C12H23F2N3/c1-15(12-4-8-17(14)9-5-12)10-11-2-6-16(13)7-3-11/h11-12H,2-10H2,1H3. The summed E-state index contributed by atoms with van der Waals surface area (Å²) in [5, 5.41) is 1.82. The maximum atomic E-state index is 12.9. The molecule has 2 saturated heterocycles. The van der Waals surface area contributed by atoms with E-state index in [4.69, 9.17) is 0 Å². The van der Waals surface area contributed by atoms with Crippen LogP contribution in [0.5, 0.6) is 0 Å². The van der Waals surface area contributed by atoms with Gasteiger partial charge >= 0.3 is 0 Å². The summed E-state index contributed by atoms with van der Waals surface area (Å²) < 4.78 is 25.8. The molecule has 0 bridgehead atoms. The van der Waals surface area contributed by atoms with Crippen molar-refractivity contribution in [3.63, 3.8) is 0 Å². The molecule has 2 aliphatic rings. The van der Waals surface area contributed by atoms with Crippen molar-refractivity contribution in [2.45, 2.75) is 31.7 Å². The number of halogens is 2. The van der Waals surface area contributed by atoms with Crippen LogP contribution in [0, 0.1) is 5.92 Å². The zero-order valence-corrected chi connectivity index (χ0v) is 10.6. The Bertz CT molecular complexity index is 224. The van der Waals surface area contributed by atoms with Crippen molar-refractivity contribution in [1.82, 2.24) is 15.1 Å². The van der Waals surface area contributed by atoms with Gasteiger partial charge in [-0.25, -0.2) is 0 Å². The van der Waals surface area contributed by atoms with E-state index in [0.717, 1.165) is 42.5 Å². The topological polar surface area (TPSA) is 9.72 Å². The van der Waals surface area contributed by atoms with Crippen LogP contribution >= 0.6 is 0 Å². The number of piperidine rings is 2. The Labute approximate surface area is 102 Å². The summed E-state index contributed by atoms with van der Waals surface area (Å²) in [6.07, 6.45) is 3.72. The Morgan fingerprint density at radius 2 is 1.41 bits per heavy atom. The Morgan fingerprint density at radius 3 is 1.94 bits per heavy atom. The van der Waals surface area contributed by atoms with Gasteiger partial charge in [0.1, 0.15) is 0 Å². The first kappa shape index (κ1) is 13.2. The molecule has 0 aromatic heterocycles. The fourth-order valence-electron chi connectivity index (χ4n) is 2.92. The Balaban J connectivity index is 1.71. The van der Waals surface area contributed by atoms with Crippen molar-refractivity contribution in [2.75, 3.05) is 39.8 Å². The highest BCUT2D eigenvalue weighted by Crippen LogP contribution is 2.21. The molecule has 0 radical (unpaired) electrons. The van der Waals surface area contributed by atoms with E-state index in [1.807, 2.05) is 0 Å². The summed E-state index contributed by atoms with van der Waals surface area (Å²) in [5.74, 6) is 0.607. The van der Waals surface area contributed by atoms with Crippen molar-refractivity contribution in [1.29, 1.82) is 0 Å². The summed E-state index contributed by atoms with van der Waals surface area (Å²) in [6.45, 7) is 3.28. The summed E-state index contributed by atoms with van der Waals surface area (Å²) in [6, 6.07) is 0.505. The van der Waals surface area contributed by atoms with Gasteiger partial charge in [-0.05, 0) is 38.6 Å². The van der Waals surface area contributed by atoms with Gasteiger partial charge in [0.05, 0.1) is 0 Å². The van der Waals surface area contributed by atoms with Gasteiger partial charge in [0.15, 0.2) is 0 Å². The van der Waals surface area contributed by atoms with Gasteiger partial charge in [-0.1, -0.05) is 0 Å². The summed E-state index contributed by atoms with van der Waals surface area (Å²) in [5.41, 5.74) is 0. The summed E-state index contributed by atoms with van der Waals surface area (Å²) in [7, 11) is 2.13. The molecular weight excluding hydrogens is 224 g/mol. The molecule has 2 rings (SSSR count). The predicted molar refractivity (Wildman–Crippen MR) is 63.7 cm³/mol. The van der Waals surface area contributed by atoms with Gasteiger partial charge in [0.25, 0.3) is 0 Å². The Morgan fingerprint density at radius 1 is 0.941 bits per heavy atom. The highest BCUT2D eigenvalue weighted by atomic mass is 19.2. The van der Waals surface area contributed by atoms with E-state index in [9.17, 15) is 8.96 Å². The molecule has 0 atom stereocenters. The number of rotatable bonds is 3. The molecule has 2 fully saturated rings. The first-order valence-electron chi connectivity index (χ1n) is 6.67. The number of hydrogen-bond donors (Lipinski definition) is 0. The third kappa shape index (κ3) is 3.86. The minimum Gasteiger partial charge on any atom is -0.303 e. The molecule has 0 aliphatic carbocycles. The van der Waals surface area contributed by atoms with Gasteiger partial charge in [-0.3, -0.25) is 0 Å².